The Morgan fingerprint density at radius 2 is 1.87 bits per heavy atom. The molecule has 0 spiro atoms. The monoisotopic (exact) mass is 245 g/mol. The highest BCUT2D eigenvalue weighted by Crippen LogP contribution is 2.13. The van der Waals surface area contributed by atoms with Crippen molar-refractivity contribution < 1.29 is 4.21 Å². The van der Waals surface area contributed by atoms with E-state index in [1.54, 1.807) is 0 Å². The Bertz CT molecular complexity index is 337. The van der Waals surface area contributed by atoms with Gasteiger partial charge >= 0.3 is 0 Å². The number of nitrogens with two attached hydrogens (primary N) is 1. The summed E-state index contributed by atoms with van der Waals surface area (Å²) in [5.41, 5.74) is 6.73. The summed E-state index contributed by atoms with van der Waals surface area (Å²) in [6.07, 6.45) is 0. The lowest BCUT2D eigenvalue weighted by molar-refractivity contribution is 0.648. The Morgan fingerprint density at radius 3 is 2.33 bits per heavy atom. The molecule has 0 aromatic heterocycles. The fourth-order valence-electron chi connectivity index (χ4n) is 1.12. The lowest BCUT2D eigenvalue weighted by Gasteiger charge is -2.14. The molecule has 0 heterocycles. The summed E-state index contributed by atoms with van der Waals surface area (Å²) in [4.78, 5) is 0. The predicted octanol–water partition coefficient (Wildman–Crippen LogP) is 2.32. The molecule has 0 aliphatic carbocycles. The molecule has 4 heteroatoms. The van der Waals surface area contributed by atoms with Gasteiger partial charge in [0.2, 0.25) is 0 Å². The number of halogens is 1. The van der Waals surface area contributed by atoms with Crippen molar-refractivity contribution >= 4 is 22.4 Å². The van der Waals surface area contributed by atoms with Crippen molar-refractivity contribution in [3.8, 4) is 0 Å². The Kier molecular flexibility index (Phi) is 4.77. The molecule has 3 atom stereocenters. The van der Waals surface area contributed by atoms with E-state index < -0.39 is 10.8 Å². The van der Waals surface area contributed by atoms with Crippen LogP contribution in [-0.2, 0) is 16.6 Å². The van der Waals surface area contributed by atoms with Crippen molar-refractivity contribution in [2.45, 2.75) is 30.9 Å². The van der Waals surface area contributed by atoms with E-state index in [2.05, 4.69) is 0 Å². The molecule has 15 heavy (non-hydrogen) atoms. The molecular formula is C11H16ClNOS. The standard InChI is InChI=1S/C11H16ClNOS/c1-8(13)9(2)15(14)7-10-3-5-11(12)6-4-10/h3-6,8-9H,7,13H2,1-2H3. The van der Waals surface area contributed by atoms with Crippen molar-refractivity contribution in [3.05, 3.63) is 34.9 Å². The number of rotatable bonds is 4. The summed E-state index contributed by atoms with van der Waals surface area (Å²) in [6.45, 7) is 3.79. The second-order valence-corrected chi connectivity index (χ2v) is 5.95. The number of hydrogen-bond donors (Lipinski definition) is 1. The Labute approximate surface area is 98.3 Å². The van der Waals surface area contributed by atoms with Gasteiger partial charge in [0.05, 0.1) is 0 Å². The topological polar surface area (TPSA) is 43.1 Å². The van der Waals surface area contributed by atoms with E-state index in [1.807, 2.05) is 38.1 Å². The van der Waals surface area contributed by atoms with Gasteiger partial charge in [0.15, 0.2) is 0 Å². The highest BCUT2D eigenvalue weighted by atomic mass is 35.5. The molecule has 0 saturated carbocycles. The van der Waals surface area contributed by atoms with Gasteiger partial charge in [-0.25, -0.2) is 0 Å². The molecule has 0 fully saturated rings. The Hall–Kier alpha value is -0.380. The normalized spacial score (nSPS) is 17.1. The molecule has 0 amide bonds. The third-order valence-electron chi connectivity index (χ3n) is 2.38. The van der Waals surface area contributed by atoms with Crippen LogP contribution in [-0.4, -0.2) is 15.5 Å². The highest BCUT2D eigenvalue weighted by Gasteiger charge is 2.15. The van der Waals surface area contributed by atoms with Crippen LogP contribution in [0.3, 0.4) is 0 Å². The molecule has 3 unspecified atom stereocenters. The Morgan fingerprint density at radius 1 is 1.33 bits per heavy atom. The maximum atomic E-state index is 11.8. The largest absolute Gasteiger partial charge is 0.327 e. The van der Waals surface area contributed by atoms with Crippen LogP contribution in [0.25, 0.3) is 0 Å². The number of hydrogen-bond acceptors (Lipinski definition) is 2. The third-order valence-corrected chi connectivity index (χ3v) is 4.51. The molecule has 1 rings (SSSR count). The first kappa shape index (κ1) is 12.7. The summed E-state index contributed by atoms with van der Waals surface area (Å²) >= 11 is 5.77. The number of benzene rings is 1. The van der Waals surface area contributed by atoms with Gasteiger partial charge in [0.1, 0.15) is 0 Å². The quantitative estimate of drug-likeness (QED) is 0.885. The highest BCUT2D eigenvalue weighted by molar-refractivity contribution is 7.84. The summed E-state index contributed by atoms with van der Waals surface area (Å²) in [6, 6.07) is 7.37. The first-order valence-corrected chi connectivity index (χ1v) is 6.64. The van der Waals surface area contributed by atoms with Gasteiger partial charge in [-0.15, -0.1) is 0 Å². The van der Waals surface area contributed by atoms with Gasteiger partial charge in [0.25, 0.3) is 0 Å². The summed E-state index contributed by atoms with van der Waals surface area (Å²) in [5.74, 6) is 0.542. The van der Waals surface area contributed by atoms with Crippen LogP contribution in [0.5, 0.6) is 0 Å². The minimum atomic E-state index is -0.921. The van der Waals surface area contributed by atoms with E-state index >= 15 is 0 Å². The van der Waals surface area contributed by atoms with Crippen LogP contribution in [0.4, 0.5) is 0 Å². The van der Waals surface area contributed by atoms with Crippen LogP contribution in [0.1, 0.15) is 19.4 Å². The van der Waals surface area contributed by atoms with Crippen LogP contribution in [0.2, 0.25) is 5.02 Å². The molecule has 2 nitrogen and oxygen atoms in total. The SMILES string of the molecule is CC(N)C(C)S(=O)Cc1ccc(Cl)cc1. The first-order chi connectivity index (χ1) is 7.00. The van der Waals surface area contributed by atoms with Crippen molar-refractivity contribution in [3.63, 3.8) is 0 Å². The molecular weight excluding hydrogens is 230 g/mol. The van der Waals surface area contributed by atoms with E-state index in [0.29, 0.717) is 10.8 Å². The van der Waals surface area contributed by atoms with Crippen molar-refractivity contribution in [2.24, 2.45) is 5.73 Å². The second kappa shape index (κ2) is 5.64. The first-order valence-electron chi connectivity index (χ1n) is 4.88. The van der Waals surface area contributed by atoms with Crippen LogP contribution in [0, 0.1) is 0 Å². The minimum absolute atomic E-state index is 0.0145. The van der Waals surface area contributed by atoms with E-state index in [4.69, 9.17) is 17.3 Å². The van der Waals surface area contributed by atoms with Gasteiger partial charge in [-0.1, -0.05) is 23.7 Å². The molecule has 0 bridgehead atoms. The van der Waals surface area contributed by atoms with Crippen molar-refractivity contribution in [1.82, 2.24) is 0 Å². The maximum Gasteiger partial charge on any atom is 0.0488 e. The fraction of sp³-hybridized carbons (Fsp3) is 0.455. The summed E-state index contributed by atoms with van der Waals surface area (Å²) in [7, 11) is -0.921. The minimum Gasteiger partial charge on any atom is -0.327 e. The zero-order chi connectivity index (χ0) is 11.4. The Balaban J connectivity index is 2.62. The molecule has 84 valence electrons. The van der Waals surface area contributed by atoms with Gasteiger partial charge in [0, 0.05) is 32.9 Å². The molecule has 1 aromatic carbocycles. The van der Waals surface area contributed by atoms with Crippen molar-refractivity contribution in [2.75, 3.05) is 0 Å². The van der Waals surface area contributed by atoms with E-state index in [-0.39, 0.29) is 11.3 Å². The van der Waals surface area contributed by atoms with Gasteiger partial charge in [-0.05, 0) is 31.5 Å². The zero-order valence-electron chi connectivity index (χ0n) is 8.94. The van der Waals surface area contributed by atoms with E-state index in [1.165, 1.54) is 0 Å². The smallest absolute Gasteiger partial charge is 0.0488 e. The summed E-state index contributed by atoms with van der Waals surface area (Å²) < 4.78 is 11.8. The zero-order valence-corrected chi connectivity index (χ0v) is 10.5. The lowest BCUT2D eigenvalue weighted by atomic mass is 10.2. The summed E-state index contributed by atoms with van der Waals surface area (Å²) in [5, 5.41) is 0.713. The van der Waals surface area contributed by atoms with E-state index in [0.717, 1.165) is 5.56 Å². The second-order valence-electron chi connectivity index (χ2n) is 3.72. The van der Waals surface area contributed by atoms with Gasteiger partial charge in [-0.3, -0.25) is 4.21 Å². The molecule has 0 radical (unpaired) electrons. The van der Waals surface area contributed by atoms with Crippen LogP contribution < -0.4 is 5.73 Å². The average molecular weight is 246 g/mol. The molecule has 0 aliphatic heterocycles. The van der Waals surface area contributed by atoms with Crippen LogP contribution in [0.15, 0.2) is 24.3 Å². The molecule has 0 aliphatic rings. The third kappa shape index (κ3) is 3.93. The van der Waals surface area contributed by atoms with Gasteiger partial charge < -0.3 is 5.73 Å². The van der Waals surface area contributed by atoms with Gasteiger partial charge in [-0.2, -0.15) is 0 Å². The maximum absolute atomic E-state index is 11.8. The molecule has 0 saturated heterocycles. The fourth-order valence-corrected chi connectivity index (χ4v) is 2.50. The molecule has 1 aromatic rings. The average Bonchev–Trinajstić information content (AvgIpc) is 2.20. The predicted molar refractivity (Wildman–Crippen MR) is 66.4 cm³/mol. The van der Waals surface area contributed by atoms with Crippen LogP contribution >= 0.6 is 11.6 Å². The van der Waals surface area contributed by atoms with Crippen molar-refractivity contribution in [1.29, 1.82) is 0 Å². The van der Waals surface area contributed by atoms with E-state index in [9.17, 15) is 4.21 Å². The molecule has 2 N–H and O–H groups in total. The lowest BCUT2D eigenvalue weighted by Crippen LogP contribution is -2.33.